The Morgan fingerprint density at radius 3 is 2.67 bits per heavy atom. The maximum absolute atomic E-state index is 12.0. The molecular weight excluding hydrogens is 338 g/mol. The molecular formula is C22H19N3O2. The first-order chi connectivity index (χ1) is 13.2. The van der Waals surface area contributed by atoms with Crippen molar-refractivity contribution in [1.29, 1.82) is 0 Å². The zero-order chi connectivity index (χ0) is 18.9. The van der Waals surface area contributed by atoms with E-state index >= 15 is 0 Å². The van der Waals surface area contributed by atoms with Gasteiger partial charge in [-0.15, -0.1) is 6.42 Å². The van der Waals surface area contributed by atoms with Crippen LogP contribution >= 0.6 is 0 Å². The SMILES string of the molecule is C#Cc1cccc(NC(=O)NCc2ccc(OCc3ccccn3)cc2)c1. The highest BCUT2D eigenvalue weighted by atomic mass is 16.5. The summed E-state index contributed by atoms with van der Waals surface area (Å²) < 4.78 is 5.70. The van der Waals surface area contributed by atoms with E-state index < -0.39 is 0 Å². The van der Waals surface area contributed by atoms with Crippen molar-refractivity contribution >= 4 is 11.7 Å². The summed E-state index contributed by atoms with van der Waals surface area (Å²) in [4.78, 5) is 16.2. The number of amides is 2. The Morgan fingerprint density at radius 2 is 1.93 bits per heavy atom. The van der Waals surface area contributed by atoms with Crippen LogP contribution < -0.4 is 15.4 Å². The van der Waals surface area contributed by atoms with Crippen LogP contribution in [0, 0.1) is 12.3 Å². The van der Waals surface area contributed by atoms with Gasteiger partial charge in [-0.2, -0.15) is 0 Å². The molecule has 2 amide bonds. The molecule has 1 heterocycles. The van der Waals surface area contributed by atoms with E-state index in [0.717, 1.165) is 17.0 Å². The average Bonchev–Trinajstić information content (AvgIpc) is 2.72. The Balaban J connectivity index is 1.46. The summed E-state index contributed by atoms with van der Waals surface area (Å²) >= 11 is 0. The molecule has 2 aromatic carbocycles. The molecule has 0 aliphatic rings. The lowest BCUT2D eigenvalue weighted by Gasteiger charge is -2.09. The van der Waals surface area contributed by atoms with Crippen molar-refractivity contribution in [2.24, 2.45) is 0 Å². The van der Waals surface area contributed by atoms with Gasteiger partial charge in [0, 0.05) is 24.0 Å². The third kappa shape index (κ3) is 5.62. The first-order valence-electron chi connectivity index (χ1n) is 8.46. The zero-order valence-corrected chi connectivity index (χ0v) is 14.7. The lowest BCUT2D eigenvalue weighted by Crippen LogP contribution is -2.28. The largest absolute Gasteiger partial charge is 0.487 e. The average molecular weight is 357 g/mol. The van der Waals surface area contributed by atoms with Gasteiger partial charge in [0.05, 0.1) is 5.69 Å². The minimum atomic E-state index is -0.292. The number of nitrogens with zero attached hydrogens (tertiary/aromatic N) is 1. The molecule has 134 valence electrons. The van der Waals surface area contributed by atoms with Crippen molar-refractivity contribution in [2.45, 2.75) is 13.2 Å². The molecule has 0 bridgehead atoms. The van der Waals surface area contributed by atoms with Gasteiger partial charge >= 0.3 is 6.03 Å². The highest BCUT2D eigenvalue weighted by molar-refractivity contribution is 5.89. The van der Waals surface area contributed by atoms with Gasteiger partial charge in [0.25, 0.3) is 0 Å². The van der Waals surface area contributed by atoms with Gasteiger partial charge in [-0.3, -0.25) is 4.98 Å². The number of carbonyl (C=O) groups excluding carboxylic acids is 1. The summed E-state index contributed by atoms with van der Waals surface area (Å²) in [6, 6.07) is 20.1. The first-order valence-corrected chi connectivity index (χ1v) is 8.46. The highest BCUT2D eigenvalue weighted by Gasteiger charge is 2.03. The van der Waals surface area contributed by atoms with Crippen molar-refractivity contribution in [2.75, 3.05) is 5.32 Å². The molecule has 27 heavy (non-hydrogen) atoms. The number of benzene rings is 2. The molecule has 3 aromatic rings. The molecule has 2 N–H and O–H groups in total. The smallest absolute Gasteiger partial charge is 0.319 e. The number of hydrogen-bond donors (Lipinski definition) is 2. The van der Waals surface area contributed by atoms with Crippen LogP contribution in [0.25, 0.3) is 0 Å². The van der Waals surface area contributed by atoms with Crippen LogP contribution in [0.2, 0.25) is 0 Å². The number of hydrogen-bond acceptors (Lipinski definition) is 3. The number of aromatic nitrogens is 1. The van der Waals surface area contributed by atoms with Crippen molar-refractivity contribution in [1.82, 2.24) is 10.3 Å². The minimum absolute atomic E-state index is 0.292. The van der Waals surface area contributed by atoms with Gasteiger partial charge in [0.1, 0.15) is 12.4 Å². The number of nitrogens with one attached hydrogen (secondary N) is 2. The first kappa shape index (κ1) is 18.0. The number of carbonyl (C=O) groups is 1. The summed E-state index contributed by atoms with van der Waals surface area (Å²) in [6.45, 7) is 0.818. The van der Waals surface area contributed by atoms with Crippen LogP contribution in [0.1, 0.15) is 16.8 Å². The standard InChI is InChI=1S/C22H19N3O2/c1-2-17-6-5-8-19(14-17)25-22(26)24-15-18-9-11-21(12-10-18)27-16-20-7-3-4-13-23-20/h1,3-14H,15-16H2,(H2,24,25,26). The quantitative estimate of drug-likeness (QED) is 0.656. The number of pyridine rings is 1. The second-order valence-electron chi connectivity index (χ2n) is 5.79. The summed E-state index contributed by atoms with van der Waals surface area (Å²) in [5.74, 6) is 3.29. The molecule has 0 unspecified atom stereocenters. The van der Waals surface area contributed by atoms with E-state index in [1.165, 1.54) is 0 Å². The fourth-order valence-electron chi connectivity index (χ4n) is 2.39. The normalized spacial score (nSPS) is 9.89. The Bertz CT molecular complexity index is 932. The van der Waals surface area contributed by atoms with E-state index in [9.17, 15) is 4.79 Å². The van der Waals surface area contributed by atoms with Gasteiger partial charge in [-0.25, -0.2) is 4.79 Å². The van der Waals surface area contributed by atoms with E-state index in [4.69, 9.17) is 11.2 Å². The Hall–Kier alpha value is -3.78. The topological polar surface area (TPSA) is 63.2 Å². The van der Waals surface area contributed by atoms with E-state index in [1.54, 1.807) is 30.5 Å². The number of anilines is 1. The van der Waals surface area contributed by atoms with Gasteiger partial charge in [0.2, 0.25) is 0 Å². The molecule has 0 aliphatic carbocycles. The molecule has 0 saturated heterocycles. The van der Waals surface area contributed by atoms with E-state index in [0.29, 0.717) is 24.4 Å². The maximum Gasteiger partial charge on any atom is 0.319 e. The molecule has 0 atom stereocenters. The molecule has 1 aromatic heterocycles. The Kier molecular flexibility index (Phi) is 6.05. The number of urea groups is 1. The van der Waals surface area contributed by atoms with Crippen LogP contribution in [0.3, 0.4) is 0 Å². The highest BCUT2D eigenvalue weighted by Crippen LogP contribution is 2.14. The molecule has 0 fully saturated rings. The van der Waals surface area contributed by atoms with Crippen LogP contribution in [0.5, 0.6) is 5.75 Å². The van der Waals surface area contributed by atoms with Crippen molar-refractivity contribution in [3.63, 3.8) is 0 Å². The fourth-order valence-corrected chi connectivity index (χ4v) is 2.39. The molecule has 0 spiro atoms. The number of rotatable bonds is 6. The third-order valence-corrected chi connectivity index (χ3v) is 3.78. The summed E-state index contributed by atoms with van der Waals surface area (Å²) in [5, 5.41) is 5.57. The predicted octanol–water partition coefficient (Wildman–Crippen LogP) is 3.96. The van der Waals surface area contributed by atoms with E-state index in [-0.39, 0.29) is 6.03 Å². The summed E-state index contributed by atoms with van der Waals surface area (Å²) in [6.07, 6.45) is 7.10. The second kappa shape index (κ2) is 9.07. The lowest BCUT2D eigenvalue weighted by atomic mass is 10.2. The van der Waals surface area contributed by atoms with Crippen LogP contribution in [-0.4, -0.2) is 11.0 Å². The third-order valence-electron chi connectivity index (χ3n) is 3.78. The molecule has 3 rings (SSSR count). The van der Waals surface area contributed by atoms with Gasteiger partial charge < -0.3 is 15.4 Å². The molecule has 5 nitrogen and oxygen atoms in total. The predicted molar refractivity (Wildman–Crippen MR) is 105 cm³/mol. The Morgan fingerprint density at radius 1 is 1.07 bits per heavy atom. The van der Waals surface area contributed by atoms with Crippen molar-refractivity contribution in [3.05, 3.63) is 89.7 Å². The van der Waals surface area contributed by atoms with Crippen LogP contribution in [0.15, 0.2) is 72.9 Å². The minimum Gasteiger partial charge on any atom is -0.487 e. The molecule has 5 heteroatoms. The van der Waals surface area contributed by atoms with Crippen LogP contribution in [-0.2, 0) is 13.2 Å². The number of ether oxygens (including phenoxy) is 1. The van der Waals surface area contributed by atoms with Gasteiger partial charge in [0.15, 0.2) is 0 Å². The second-order valence-corrected chi connectivity index (χ2v) is 5.79. The maximum atomic E-state index is 12.0. The van der Waals surface area contributed by atoms with E-state index in [1.807, 2.05) is 42.5 Å². The lowest BCUT2D eigenvalue weighted by molar-refractivity contribution is 0.251. The number of terminal acetylenes is 1. The molecule has 0 radical (unpaired) electrons. The van der Waals surface area contributed by atoms with Crippen molar-refractivity contribution in [3.8, 4) is 18.1 Å². The molecule has 0 saturated carbocycles. The Labute approximate surface area is 158 Å². The molecule has 0 aliphatic heterocycles. The summed E-state index contributed by atoms with van der Waals surface area (Å²) in [7, 11) is 0. The van der Waals surface area contributed by atoms with Gasteiger partial charge in [-0.1, -0.05) is 30.2 Å². The van der Waals surface area contributed by atoms with Crippen LogP contribution in [0.4, 0.5) is 10.5 Å². The van der Waals surface area contributed by atoms with E-state index in [2.05, 4.69) is 21.5 Å². The fraction of sp³-hybridized carbons (Fsp3) is 0.0909. The zero-order valence-electron chi connectivity index (χ0n) is 14.7. The van der Waals surface area contributed by atoms with Gasteiger partial charge in [-0.05, 0) is 48.0 Å². The monoisotopic (exact) mass is 357 g/mol. The van der Waals surface area contributed by atoms with Crippen molar-refractivity contribution < 1.29 is 9.53 Å². The summed E-state index contributed by atoms with van der Waals surface area (Å²) in [5.41, 5.74) is 3.21.